The number of nitrogens with one attached hydrogen (secondary N) is 1. The van der Waals surface area contributed by atoms with Gasteiger partial charge in [-0.3, -0.25) is 5.41 Å². The molecule has 0 atom stereocenters. The first kappa shape index (κ1) is 10.2. The topological polar surface area (TPSA) is 53.1 Å². The van der Waals surface area contributed by atoms with Gasteiger partial charge in [-0.1, -0.05) is 21.6 Å². The molecule has 3 N–H and O–H groups in total. The minimum Gasteiger partial charge on any atom is -0.388 e. The smallest absolute Gasteiger partial charge is 0.0918 e. The molecule has 1 saturated heterocycles. The van der Waals surface area contributed by atoms with Gasteiger partial charge in [0.15, 0.2) is 0 Å². The van der Waals surface area contributed by atoms with E-state index in [-0.39, 0.29) is 0 Å². The Balaban J connectivity index is 2.16. The van der Waals surface area contributed by atoms with Crippen molar-refractivity contribution in [3.05, 3.63) is 0 Å². The summed E-state index contributed by atoms with van der Waals surface area (Å²) in [4.78, 5) is 2.38. The van der Waals surface area contributed by atoms with Gasteiger partial charge in [0.2, 0.25) is 0 Å². The van der Waals surface area contributed by atoms with Crippen molar-refractivity contribution in [1.82, 2.24) is 4.90 Å². The van der Waals surface area contributed by atoms with Crippen molar-refractivity contribution >= 4 is 27.4 Å². The molecule has 1 rings (SSSR count). The van der Waals surface area contributed by atoms with Crippen LogP contribution < -0.4 is 5.73 Å². The Labute approximate surface area is 81.4 Å². The first-order valence-electron chi connectivity index (χ1n) is 4.08. The maximum Gasteiger partial charge on any atom is 0.0918 e. The summed E-state index contributed by atoms with van der Waals surface area (Å²) in [6.07, 6.45) is 0.718. The predicted octanol–water partition coefficient (Wildman–Crippen LogP) is 1.01. The summed E-state index contributed by atoms with van der Waals surface area (Å²) in [5, 5.41) is 7.11. The average Bonchev–Trinajstić information content (AvgIpc) is 2.28. The molecule has 1 fully saturated rings. The Morgan fingerprint density at radius 2 is 1.92 bits per heavy atom. The average molecular weight is 205 g/mol. The Kier molecular flexibility index (Phi) is 4.87. The van der Waals surface area contributed by atoms with Gasteiger partial charge in [-0.05, 0) is 0 Å². The van der Waals surface area contributed by atoms with Gasteiger partial charge in [0.1, 0.15) is 0 Å². The minimum atomic E-state index is 0.305. The Morgan fingerprint density at radius 1 is 1.33 bits per heavy atom. The molecule has 0 aliphatic carbocycles. The van der Waals surface area contributed by atoms with Gasteiger partial charge in [-0.25, -0.2) is 0 Å². The highest BCUT2D eigenvalue weighted by Gasteiger charge is 2.08. The molecule has 0 aromatic rings. The van der Waals surface area contributed by atoms with Gasteiger partial charge in [0.25, 0.3) is 0 Å². The van der Waals surface area contributed by atoms with Gasteiger partial charge in [0.05, 0.1) is 5.84 Å². The number of rotatable bonds is 3. The fourth-order valence-electron chi connectivity index (χ4n) is 1.06. The third kappa shape index (κ3) is 4.23. The van der Waals surface area contributed by atoms with E-state index in [0.717, 1.165) is 26.1 Å². The zero-order valence-electron chi connectivity index (χ0n) is 7.08. The molecule has 1 aliphatic heterocycles. The number of hydrogen-bond acceptors (Lipinski definition) is 4. The van der Waals surface area contributed by atoms with Crippen molar-refractivity contribution in [2.24, 2.45) is 5.73 Å². The lowest BCUT2D eigenvalue weighted by atomic mass is 10.3. The van der Waals surface area contributed by atoms with E-state index in [9.17, 15) is 0 Å². The molecular formula is C7H15N3S2. The number of nitrogens with two attached hydrogens (primary N) is 1. The quantitative estimate of drug-likeness (QED) is 0.410. The van der Waals surface area contributed by atoms with Crippen LogP contribution in [0.1, 0.15) is 6.42 Å². The summed E-state index contributed by atoms with van der Waals surface area (Å²) >= 11 is 0. The molecule has 0 saturated carbocycles. The van der Waals surface area contributed by atoms with Crippen LogP contribution in [0.25, 0.3) is 0 Å². The second-order valence-electron chi connectivity index (χ2n) is 2.76. The monoisotopic (exact) mass is 205 g/mol. The van der Waals surface area contributed by atoms with Crippen LogP contribution in [0.5, 0.6) is 0 Å². The molecule has 0 aromatic heterocycles. The number of hydrogen-bond donors (Lipinski definition) is 2. The molecule has 0 amide bonds. The second kappa shape index (κ2) is 5.72. The molecule has 0 bridgehead atoms. The van der Waals surface area contributed by atoms with E-state index in [1.54, 1.807) is 0 Å². The highest BCUT2D eigenvalue weighted by atomic mass is 33.1. The molecule has 5 heteroatoms. The van der Waals surface area contributed by atoms with Crippen LogP contribution in [0.2, 0.25) is 0 Å². The maximum absolute atomic E-state index is 7.11. The molecule has 70 valence electrons. The van der Waals surface area contributed by atoms with E-state index in [4.69, 9.17) is 11.1 Å². The van der Waals surface area contributed by atoms with Crippen molar-refractivity contribution in [2.45, 2.75) is 6.42 Å². The van der Waals surface area contributed by atoms with E-state index in [1.165, 1.54) is 11.5 Å². The van der Waals surface area contributed by atoms with Crippen LogP contribution >= 0.6 is 21.6 Å². The molecular weight excluding hydrogens is 190 g/mol. The highest BCUT2D eigenvalue weighted by Crippen LogP contribution is 2.23. The molecule has 1 heterocycles. The Morgan fingerprint density at radius 3 is 2.42 bits per heavy atom. The molecule has 0 spiro atoms. The summed E-state index contributed by atoms with van der Waals surface area (Å²) in [7, 11) is 3.89. The second-order valence-corrected chi connectivity index (χ2v) is 5.46. The summed E-state index contributed by atoms with van der Waals surface area (Å²) in [5.41, 5.74) is 5.29. The SMILES string of the molecule is N=C(N)CCN1CCSSCC1. The first-order chi connectivity index (χ1) is 5.79. The van der Waals surface area contributed by atoms with Gasteiger partial charge in [-0.15, -0.1) is 0 Å². The fourth-order valence-corrected chi connectivity index (χ4v) is 3.12. The lowest BCUT2D eigenvalue weighted by Crippen LogP contribution is -2.30. The summed E-state index contributed by atoms with van der Waals surface area (Å²) in [5.74, 6) is 2.70. The van der Waals surface area contributed by atoms with Crippen LogP contribution in [-0.2, 0) is 0 Å². The van der Waals surface area contributed by atoms with E-state index < -0.39 is 0 Å². The number of nitrogens with zero attached hydrogens (tertiary/aromatic N) is 1. The molecule has 0 aromatic carbocycles. The molecule has 1 aliphatic rings. The molecule has 0 radical (unpaired) electrons. The highest BCUT2D eigenvalue weighted by molar-refractivity contribution is 8.76. The van der Waals surface area contributed by atoms with Crippen LogP contribution in [0, 0.1) is 5.41 Å². The normalized spacial score (nSPS) is 20.3. The van der Waals surface area contributed by atoms with Crippen molar-refractivity contribution in [1.29, 1.82) is 5.41 Å². The zero-order chi connectivity index (χ0) is 8.81. The van der Waals surface area contributed by atoms with Gasteiger partial charge < -0.3 is 10.6 Å². The van der Waals surface area contributed by atoms with Crippen molar-refractivity contribution in [3.8, 4) is 0 Å². The Hall–Kier alpha value is 0.130. The minimum absolute atomic E-state index is 0.305. The fraction of sp³-hybridized carbons (Fsp3) is 0.857. The summed E-state index contributed by atoms with van der Waals surface area (Å²) in [6.45, 7) is 3.24. The van der Waals surface area contributed by atoms with Crippen molar-refractivity contribution in [3.63, 3.8) is 0 Å². The van der Waals surface area contributed by atoms with E-state index >= 15 is 0 Å². The lowest BCUT2D eigenvalue weighted by molar-refractivity contribution is 0.319. The third-order valence-corrected chi connectivity index (χ3v) is 4.13. The van der Waals surface area contributed by atoms with Crippen LogP contribution in [0.4, 0.5) is 0 Å². The summed E-state index contributed by atoms with van der Waals surface area (Å²) in [6, 6.07) is 0. The number of amidine groups is 1. The molecule has 3 nitrogen and oxygen atoms in total. The molecule has 12 heavy (non-hydrogen) atoms. The van der Waals surface area contributed by atoms with Crippen molar-refractivity contribution < 1.29 is 0 Å². The van der Waals surface area contributed by atoms with Gasteiger partial charge in [-0.2, -0.15) is 0 Å². The lowest BCUT2D eigenvalue weighted by Gasteiger charge is -2.17. The van der Waals surface area contributed by atoms with Gasteiger partial charge in [0, 0.05) is 37.6 Å². The van der Waals surface area contributed by atoms with Crippen LogP contribution in [-0.4, -0.2) is 41.9 Å². The maximum atomic E-state index is 7.11. The third-order valence-electron chi connectivity index (χ3n) is 1.76. The molecule has 0 unspecified atom stereocenters. The van der Waals surface area contributed by atoms with Gasteiger partial charge >= 0.3 is 0 Å². The zero-order valence-corrected chi connectivity index (χ0v) is 8.72. The summed E-state index contributed by atoms with van der Waals surface area (Å²) < 4.78 is 0. The van der Waals surface area contributed by atoms with Crippen LogP contribution in [0.15, 0.2) is 0 Å². The standard InChI is InChI=1S/C7H15N3S2/c8-7(9)1-2-10-3-5-11-12-6-4-10/h1-6H2,(H3,8,9). The largest absolute Gasteiger partial charge is 0.388 e. The van der Waals surface area contributed by atoms with E-state index in [2.05, 4.69) is 4.90 Å². The van der Waals surface area contributed by atoms with E-state index in [0.29, 0.717) is 5.84 Å². The first-order valence-corrected chi connectivity index (χ1v) is 6.57. The van der Waals surface area contributed by atoms with Crippen LogP contribution in [0.3, 0.4) is 0 Å². The van der Waals surface area contributed by atoms with E-state index in [1.807, 2.05) is 21.6 Å². The Bertz CT molecular complexity index is 144. The predicted molar refractivity (Wildman–Crippen MR) is 57.9 cm³/mol. The van der Waals surface area contributed by atoms with Crippen molar-refractivity contribution in [2.75, 3.05) is 31.1 Å².